The summed E-state index contributed by atoms with van der Waals surface area (Å²) in [7, 11) is 0. The van der Waals surface area contributed by atoms with Gasteiger partial charge in [-0.1, -0.05) is 42.5 Å². The molecule has 0 spiro atoms. The summed E-state index contributed by atoms with van der Waals surface area (Å²) in [6.07, 6.45) is 3.57. The third kappa shape index (κ3) is 5.24. The molecule has 0 atom stereocenters. The molecule has 0 saturated carbocycles. The van der Waals surface area contributed by atoms with Gasteiger partial charge in [0.1, 0.15) is 0 Å². The maximum Gasteiger partial charge on any atom is 0.251 e. The molecule has 29 heavy (non-hydrogen) atoms. The monoisotopic (exact) mass is 391 g/mol. The number of carbonyl (C=O) groups excluding carboxylic acids is 2. The van der Waals surface area contributed by atoms with Crippen LogP contribution in [0.5, 0.6) is 0 Å². The number of rotatable bonds is 6. The number of nitrogens with zero attached hydrogens (tertiary/aromatic N) is 2. The molecule has 2 heterocycles. The van der Waals surface area contributed by atoms with Gasteiger partial charge in [0.05, 0.1) is 0 Å². The van der Waals surface area contributed by atoms with Crippen LogP contribution in [0.2, 0.25) is 0 Å². The summed E-state index contributed by atoms with van der Waals surface area (Å²) in [5.41, 5.74) is 3.10. The van der Waals surface area contributed by atoms with Gasteiger partial charge in [-0.25, -0.2) is 0 Å². The highest BCUT2D eigenvalue weighted by Gasteiger charge is 2.22. The van der Waals surface area contributed by atoms with Crippen LogP contribution in [0.15, 0.2) is 54.6 Å². The summed E-state index contributed by atoms with van der Waals surface area (Å²) in [5, 5.41) is 3.19. The van der Waals surface area contributed by atoms with Crippen LogP contribution in [0.4, 0.5) is 0 Å². The number of hydrogen-bond donors (Lipinski definition) is 1. The Balaban J connectivity index is 1.24. The predicted molar refractivity (Wildman–Crippen MR) is 113 cm³/mol. The van der Waals surface area contributed by atoms with Crippen molar-refractivity contribution in [3.8, 4) is 0 Å². The Morgan fingerprint density at radius 3 is 2.24 bits per heavy atom. The van der Waals surface area contributed by atoms with Gasteiger partial charge in [0, 0.05) is 50.7 Å². The van der Waals surface area contributed by atoms with Crippen LogP contribution in [-0.4, -0.2) is 47.3 Å². The van der Waals surface area contributed by atoms with Gasteiger partial charge in [0.2, 0.25) is 5.91 Å². The van der Waals surface area contributed by atoms with E-state index in [4.69, 9.17) is 0 Å². The van der Waals surface area contributed by atoms with Gasteiger partial charge in [-0.15, -0.1) is 0 Å². The molecule has 5 nitrogen and oxygen atoms in total. The lowest BCUT2D eigenvalue weighted by Gasteiger charge is -2.32. The van der Waals surface area contributed by atoms with Crippen LogP contribution < -0.4 is 5.32 Å². The number of amides is 2. The molecule has 2 fully saturated rings. The highest BCUT2D eigenvalue weighted by atomic mass is 16.2. The fourth-order valence-electron chi connectivity index (χ4n) is 4.20. The Kier molecular flexibility index (Phi) is 6.25. The van der Waals surface area contributed by atoms with E-state index in [0.29, 0.717) is 18.5 Å². The van der Waals surface area contributed by atoms with E-state index in [-0.39, 0.29) is 17.9 Å². The Morgan fingerprint density at radius 2 is 1.59 bits per heavy atom. The Morgan fingerprint density at radius 1 is 0.897 bits per heavy atom. The lowest BCUT2D eigenvalue weighted by atomic mass is 10.0. The minimum atomic E-state index is -0.00434. The number of carbonyl (C=O) groups is 2. The summed E-state index contributed by atoms with van der Waals surface area (Å²) in [6.45, 7) is 4.46. The first-order chi connectivity index (χ1) is 14.2. The summed E-state index contributed by atoms with van der Waals surface area (Å²) >= 11 is 0. The van der Waals surface area contributed by atoms with E-state index in [1.54, 1.807) is 0 Å². The number of piperidine rings is 1. The first-order valence-corrected chi connectivity index (χ1v) is 10.6. The quantitative estimate of drug-likeness (QED) is 0.823. The molecule has 0 unspecified atom stereocenters. The smallest absolute Gasteiger partial charge is 0.251 e. The van der Waals surface area contributed by atoms with E-state index in [1.807, 2.05) is 35.2 Å². The maximum atomic E-state index is 12.6. The summed E-state index contributed by atoms with van der Waals surface area (Å²) in [4.78, 5) is 28.7. The van der Waals surface area contributed by atoms with Crippen LogP contribution in [0, 0.1) is 0 Å². The minimum Gasteiger partial charge on any atom is -0.349 e. The average molecular weight is 392 g/mol. The van der Waals surface area contributed by atoms with Gasteiger partial charge in [-0.05, 0) is 42.5 Å². The molecule has 0 aromatic heterocycles. The molecule has 152 valence electrons. The largest absolute Gasteiger partial charge is 0.349 e. The van der Waals surface area contributed by atoms with Crippen molar-refractivity contribution in [2.75, 3.05) is 19.6 Å². The molecule has 4 rings (SSSR count). The standard InChI is InChI=1S/C24H29N3O2/c28-23-7-4-14-27(23)18-20-8-10-21(11-9-20)24(29)25-22-12-15-26(16-13-22)17-19-5-2-1-3-6-19/h1-3,5-6,8-11,22H,4,7,12-18H2,(H,25,29). The van der Waals surface area contributed by atoms with Crippen molar-refractivity contribution in [2.24, 2.45) is 0 Å². The van der Waals surface area contributed by atoms with Crippen molar-refractivity contribution < 1.29 is 9.59 Å². The SMILES string of the molecule is O=C(NC1CCN(Cc2ccccc2)CC1)c1ccc(CN2CCCC2=O)cc1. The predicted octanol–water partition coefficient (Wildman–Crippen LogP) is 3.20. The van der Waals surface area contributed by atoms with E-state index in [2.05, 4.69) is 34.5 Å². The van der Waals surface area contributed by atoms with Gasteiger partial charge in [0.25, 0.3) is 5.91 Å². The molecule has 0 radical (unpaired) electrons. The highest BCUT2D eigenvalue weighted by molar-refractivity contribution is 5.94. The number of nitrogens with one attached hydrogen (secondary N) is 1. The molecule has 2 aromatic rings. The molecule has 5 heteroatoms. The van der Waals surface area contributed by atoms with Crippen LogP contribution in [0.1, 0.15) is 47.2 Å². The van der Waals surface area contributed by atoms with E-state index in [9.17, 15) is 9.59 Å². The zero-order chi connectivity index (χ0) is 20.1. The molecular formula is C24H29N3O2. The second-order valence-electron chi connectivity index (χ2n) is 8.13. The first kappa shape index (κ1) is 19.6. The molecule has 1 N–H and O–H groups in total. The summed E-state index contributed by atoms with van der Waals surface area (Å²) in [6, 6.07) is 18.4. The number of hydrogen-bond acceptors (Lipinski definition) is 3. The lowest BCUT2D eigenvalue weighted by molar-refractivity contribution is -0.128. The van der Waals surface area contributed by atoms with E-state index < -0.39 is 0 Å². The molecule has 0 aliphatic carbocycles. The summed E-state index contributed by atoms with van der Waals surface area (Å²) in [5.74, 6) is 0.223. The molecule has 2 saturated heterocycles. The average Bonchev–Trinajstić information content (AvgIpc) is 3.15. The fraction of sp³-hybridized carbons (Fsp3) is 0.417. The second kappa shape index (κ2) is 9.23. The van der Waals surface area contributed by atoms with Gasteiger partial charge in [-0.3, -0.25) is 14.5 Å². The fourth-order valence-corrected chi connectivity index (χ4v) is 4.20. The molecular weight excluding hydrogens is 362 g/mol. The highest BCUT2D eigenvalue weighted by Crippen LogP contribution is 2.16. The third-order valence-corrected chi connectivity index (χ3v) is 5.93. The molecule has 2 aliphatic heterocycles. The van der Waals surface area contributed by atoms with Crippen molar-refractivity contribution in [1.82, 2.24) is 15.1 Å². The summed E-state index contributed by atoms with van der Waals surface area (Å²) < 4.78 is 0. The van der Waals surface area contributed by atoms with Crippen molar-refractivity contribution in [1.29, 1.82) is 0 Å². The van der Waals surface area contributed by atoms with E-state index in [1.165, 1.54) is 5.56 Å². The minimum absolute atomic E-state index is 0.00434. The Hall–Kier alpha value is -2.66. The molecule has 2 aromatic carbocycles. The van der Waals surface area contributed by atoms with Crippen LogP contribution >= 0.6 is 0 Å². The van der Waals surface area contributed by atoms with Crippen molar-refractivity contribution in [3.63, 3.8) is 0 Å². The Labute approximate surface area is 172 Å². The molecule has 2 amide bonds. The Bertz CT molecular complexity index is 827. The normalized spacial score (nSPS) is 18.2. The number of likely N-dealkylation sites (tertiary alicyclic amines) is 2. The van der Waals surface area contributed by atoms with Gasteiger partial charge >= 0.3 is 0 Å². The second-order valence-corrected chi connectivity index (χ2v) is 8.13. The number of benzene rings is 2. The van der Waals surface area contributed by atoms with Gasteiger partial charge in [0.15, 0.2) is 0 Å². The van der Waals surface area contributed by atoms with Gasteiger partial charge < -0.3 is 10.2 Å². The molecule has 0 bridgehead atoms. The topological polar surface area (TPSA) is 52.7 Å². The zero-order valence-electron chi connectivity index (χ0n) is 16.8. The van der Waals surface area contributed by atoms with E-state index >= 15 is 0 Å². The third-order valence-electron chi connectivity index (χ3n) is 5.93. The maximum absolute atomic E-state index is 12.6. The first-order valence-electron chi connectivity index (χ1n) is 10.6. The van der Waals surface area contributed by atoms with Gasteiger partial charge in [-0.2, -0.15) is 0 Å². The van der Waals surface area contributed by atoms with Crippen molar-refractivity contribution in [2.45, 2.75) is 44.8 Å². The lowest BCUT2D eigenvalue weighted by Crippen LogP contribution is -2.44. The zero-order valence-corrected chi connectivity index (χ0v) is 16.8. The van der Waals surface area contributed by atoms with Crippen LogP contribution in [-0.2, 0) is 17.9 Å². The molecule has 2 aliphatic rings. The van der Waals surface area contributed by atoms with Crippen molar-refractivity contribution >= 4 is 11.8 Å². The van der Waals surface area contributed by atoms with Crippen LogP contribution in [0.25, 0.3) is 0 Å². The van der Waals surface area contributed by atoms with Crippen LogP contribution in [0.3, 0.4) is 0 Å². The van der Waals surface area contributed by atoms with Crippen molar-refractivity contribution in [3.05, 3.63) is 71.3 Å². The van der Waals surface area contributed by atoms with E-state index in [0.717, 1.165) is 51.0 Å².